The summed E-state index contributed by atoms with van der Waals surface area (Å²) in [6, 6.07) is 11.4. The van der Waals surface area contributed by atoms with Gasteiger partial charge in [-0.05, 0) is 12.1 Å². The molecule has 128 valence electrons. The van der Waals surface area contributed by atoms with Crippen LogP contribution < -0.4 is 5.56 Å². The summed E-state index contributed by atoms with van der Waals surface area (Å²) < 4.78 is 44.2. The number of halogens is 3. The predicted octanol–water partition coefficient (Wildman–Crippen LogP) is 4.02. The van der Waals surface area contributed by atoms with Gasteiger partial charge in [-0.2, -0.15) is 13.2 Å². The maximum absolute atomic E-state index is 12.8. The Kier molecular flexibility index (Phi) is 3.91. The van der Waals surface area contributed by atoms with Crippen molar-refractivity contribution in [1.82, 2.24) is 4.74 Å². The highest BCUT2D eigenvalue weighted by atomic mass is 19.4. The second kappa shape index (κ2) is 5.93. The third-order valence-electron chi connectivity index (χ3n) is 3.42. The predicted molar refractivity (Wildman–Crippen MR) is 81.4 cm³/mol. The molecule has 0 aliphatic rings. The first-order valence-electron chi connectivity index (χ1n) is 6.92. The molecule has 1 heterocycles. The lowest BCUT2D eigenvalue weighted by molar-refractivity contribution is -0.385. The minimum absolute atomic E-state index is 0.139. The van der Waals surface area contributed by atoms with Crippen LogP contribution in [-0.4, -0.2) is 9.66 Å². The molecule has 0 N–H and O–H groups in total. The fourth-order valence-corrected chi connectivity index (χ4v) is 2.26. The number of nitrogens with zero attached hydrogens (tertiary/aromatic N) is 2. The highest BCUT2D eigenvalue weighted by molar-refractivity contribution is 5.58. The summed E-state index contributed by atoms with van der Waals surface area (Å²) in [6.45, 7) is 0. The van der Waals surface area contributed by atoms with Crippen molar-refractivity contribution in [2.75, 3.05) is 0 Å². The van der Waals surface area contributed by atoms with Gasteiger partial charge in [-0.25, -0.2) is 0 Å². The zero-order valence-corrected chi connectivity index (χ0v) is 12.4. The van der Waals surface area contributed by atoms with Gasteiger partial charge in [0.15, 0.2) is 11.4 Å². The van der Waals surface area contributed by atoms with E-state index in [0.717, 1.165) is 12.1 Å². The Morgan fingerprint density at radius 3 is 2.32 bits per heavy atom. The first-order chi connectivity index (χ1) is 11.8. The number of aromatic nitrogens is 1. The summed E-state index contributed by atoms with van der Waals surface area (Å²) >= 11 is 0. The zero-order chi connectivity index (χ0) is 18.2. The van der Waals surface area contributed by atoms with Gasteiger partial charge < -0.3 is 4.52 Å². The average molecular weight is 350 g/mol. The van der Waals surface area contributed by atoms with Crippen molar-refractivity contribution in [2.45, 2.75) is 6.18 Å². The topological polar surface area (TPSA) is 78.3 Å². The number of hydrogen-bond acceptors (Lipinski definition) is 4. The summed E-state index contributed by atoms with van der Waals surface area (Å²) in [4.78, 5) is 22.2. The SMILES string of the molecule is O=c1cc(-c2ccccc2)on1-c1ccc(C(F)(F)F)cc1[N+](=O)[O-]. The van der Waals surface area contributed by atoms with Crippen LogP contribution in [0.2, 0.25) is 0 Å². The summed E-state index contributed by atoms with van der Waals surface area (Å²) in [5, 5.41) is 11.1. The molecule has 2 aromatic carbocycles. The maximum atomic E-state index is 12.8. The molecule has 1 aromatic heterocycles. The van der Waals surface area contributed by atoms with E-state index in [1.165, 1.54) is 0 Å². The Balaban J connectivity index is 2.16. The van der Waals surface area contributed by atoms with Crippen LogP contribution in [0, 0.1) is 10.1 Å². The fraction of sp³-hybridized carbons (Fsp3) is 0.0625. The standard InChI is InChI=1S/C16H9F3N2O4/c17-16(18,19)11-6-7-12(13(8-11)21(23)24)20-15(22)9-14(25-20)10-4-2-1-3-5-10/h1-9H. The van der Waals surface area contributed by atoms with Crippen molar-refractivity contribution in [3.8, 4) is 17.0 Å². The quantitative estimate of drug-likeness (QED) is 0.528. The highest BCUT2D eigenvalue weighted by Crippen LogP contribution is 2.34. The monoisotopic (exact) mass is 350 g/mol. The smallest absolute Gasteiger partial charge is 0.371 e. The van der Waals surface area contributed by atoms with Gasteiger partial charge in [0.1, 0.15) is 0 Å². The molecule has 0 fully saturated rings. The second-order valence-electron chi connectivity index (χ2n) is 5.06. The average Bonchev–Trinajstić information content (AvgIpc) is 2.96. The van der Waals surface area contributed by atoms with Crippen molar-refractivity contribution < 1.29 is 22.6 Å². The molecule has 25 heavy (non-hydrogen) atoms. The van der Waals surface area contributed by atoms with Crippen LogP contribution in [0.3, 0.4) is 0 Å². The van der Waals surface area contributed by atoms with Crippen LogP contribution in [0.1, 0.15) is 5.56 Å². The summed E-state index contributed by atoms with van der Waals surface area (Å²) in [5.74, 6) is 0.139. The summed E-state index contributed by atoms with van der Waals surface area (Å²) in [6.07, 6.45) is -4.74. The van der Waals surface area contributed by atoms with Gasteiger partial charge >= 0.3 is 6.18 Å². The highest BCUT2D eigenvalue weighted by Gasteiger charge is 2.33. The Morgan fingerprint density at radius 1 is 1.04 bits per heavy atom. The molecule has 3 aromatic rings. The Hall–Kier alpha value is -3.36. The molecule has 0 bridgehead atoms. The Morgan fingerprint density at radius 2 is 1.72 bits per heavy atom. The molecule has 0 saturated carbocycles. The number of nitro benzene ring substituents is 1. The number of rotatable bonds is 3. The van der Waals surface area contributed by atoms with Crippen molar-refractivity contribution in [2.24, 2.45) is 0 Å². The van der Waals surface area contributed by atoms with Crippen LogP contribution in [0.4, 0.5) is 18.9 Å². The molecule has 9 heteroatoms. The van der Waals surface area contributed by atoms with Gasteiger partial charge in [0.05, 0.1) is 16.6 Å². The fourth-order valence-electron chi connectivity index (χ4n) is 2.26. The number of alkyl halides is 3. The summed E-state index contributed by atoms with van der Waals surface area (Å²) in [5.41, 5.74) is -2.64. The maximum Gasteiger partial charge on any atom is 0.416 e. The third kappa shape index (κ3) is 3.16. The number of nitro groups is 1. The molecule has 0 unspecified atom stereocenters. The Labute approximate surface area is 137 Å². The van der Waals surface area contributed by atoms with Gasteiger partial charge in [-0.3, -0.25) is 14.9 Å². The lowest BCUT2D eigenvalue weighted by atomic mass is 10.1. The van der Waals surface area contributed by atoms with E-state index in [4.69, 9.17) is 4.52 Å². The largest absolute Gasteiger partial charge is 0.416 e. The van der Waals surface area contributed by atoms with E-state index >= 15 is 0 Å². The number of benzene rings is 2. The molecule has 0 spiro atoms. The van der Waals surface area contributed by atoms with Crippen molar-refractivity contribution >= 4 is 5.69 Å². The van der Waals surface area contributed by atoms with Crippen LogP contribution in [0.25, 0.3) is 17.0 Å². The molecule has 0 saturated heterocycles. The molecular formula is C16H9F3N2O4. The summed E-state index contributed by atoms with van der Waals surface area (Å²) in [7, 11) is 0. The normalized spacial score (nSPS) is 11.5. The second-order valence-corrected chi connectivity index (χ2v) is 5.06. The molecule has 0 aliphatic heterocycles. The molecule has 0 radical (unpaired) electrons. The van der Waals surface area contributed by atoms with E-state index in [-0.39, 0.29) is 11.4 Å². The number of hydrogen-bond donors (Lipinski definition) is 0. The van der Waals surface area contributed by atoms with Crippen LogP contribution in [0.5, 0.6) is 0 Å². The van der Waals surface area contributed by atoms with Gasteiger partial charge in [-0.1, -0.05) is 30.3 Å². The molecular weight excluding hydrogens is 341 g/mol. The van der Waals surface area contributed by atoms with Crippen LogP contribution in [-0.2, 0) is 6.18 Å². The van der Waals surface area contributed by atoms with Gasteiger partial charge in [0.25, 0.3) is 11.2 Å². The van der Waals surface area contributed by atoms with Crippen LogP contribution >= 0.6 is 0 Å². The van der Waals surface area contributed by atoms with Crippen LogP contribution in [0.15, 0.2) is 63.9 Å². The third-order valence-corrected chi connectivity index (χ3v) is 3.42. The molecule has 3 rings (SSSR count). The van der Waals surface area contributed by atoms with E-state index in [2.05, 4.69) is 0 Å². The van der Waals surface area contributed by atoms with E-state index in [1.54, 1.807) is 30.3 Å². The van der Waals surface area contributed by atoms with Crippen molar-refractivity contribution in [3.05, 3.63) is 80.6 Å². The minimum Gasteiger partial charge on any atom is -0.371 e. The zero-order valence-electron chi connectivity index (χ0n) is 12.4. The van der Waals surface area contributed by atoms with E-state index in [9.17, 15) is 28.1 Å². The van der Waals surface area contributed by atoms with Gasteiger partial charge in [0.2, 0.25) is 0 Å². The van der Waals surface area contributed by atoms with Crippen molar-refractivity contribution in [3.63, 3.8) is 0 Å². The lowest BCUT2D eigenvalue weighted by Crippen LogP contribution is -2.14. The first kappa shape index (κ1) is 16.5. The molecule has 0 aliphatic carbocycles. The lowest BCUT2D eigenvalue weighted by Gasteiger charge is -2.08. The van der Waals surface area contributed by atoms with Crippen molar-refractivity contribution in [1.29, 1.82) is 0 Å². The van der Waals surface area contributed by atoms with Gasteiger partial charge in [0, 0.05) is 11.6 Å². The van der Waals surface area contributed by atoms with E-state index in [1.807, 2.05) is 0 Å². The molecule has 0 atom stereocenters. The Bertz CT molecular complexity index is 991. The van der Waals surface area contributed by atoms with Gasteiger partial charge in [-0.15, -0.1) is 4.74 Å². The molecule has 0 amide bonds. The molecule has 6 nitrogen and oxygen atoms in total. The van der Waals surface area contributed by atoms with E-state index < -0.39 is 27.9 Å². The minimum atomic E-state index is -4.74. The first-order valence-corrected chi connectivity index (χ1v) is 6.92. The van der Waals surface area contributed by atoms with E-state index in [0.29, 0.717) is 22.4 Å².